The lowest BCUT2D eigenvalue weighted by Crippen LogP contribution is -2.15. The van der Waals surface area contributed by atoms with Crippen molar-refractivity contribution in [3.8, 4) is 63.4 Å². The van der Waals surface area contributed by atoms with E-state index in [0.29, 0.717) is 26.4 Å². The molecule has 8 rings (SSSR count). The van der Waals surface area contributed by atoms with E-state index in [0.717, 1.165) is 78.4 Å². The summed E-state index contributed by atoms with van der Waals surface area (Å²) in [6, 6.07) is 9.36. The van der Waals surface area contributed by atoms with E-state index in [9.17, 15) is 0 Å². The Morgan fingerprint density at radius 1 is 0.529 bits per heavy atom. The van der Waals surface area contributed by atoms with Crippen LogP contribution in [0.1, 0.15) is 86.1 Å². The highest BCUT2D eigenvalue weighted by Gasteiger charge is 2.33. The number of hydrogen-bond acceptors (Lipinski definition) is 11. The number of ether oxygens (including phenoxy) is 4. The highest BCUT2D eigenvalue weighted by molar-refractivity contribution is 7.28. The summed E-state index contributed by atoms with van der Waals surface area (Å²) in [5.41, 5.74) is 7.17. The minimum Gasteiger partial charge on any atom is -0.485 e. The molecule has 0 aliphatic carbocycles. The number of benzene rings is 1. The summed E-state index contributed by atoms with van der Waals surface area (Å²) in [4.78, 5) is 9.60. The summed E-state index contributed by atoms with van der Waals surface area (Å²) in [5.74, 6) is 3.39. The number of unbranched alkanes of at least 4 members (excludes halogenated alkanes) is 6. The zero-order valence-electron chi connectivity index (χ0n) is 29.8. The SMILES string of the molecule is CCCCCCc1cc(-c2ccc(-c3cc(CCCCCC)c(-c4sc(-c5sc(C)c6c5OCCO6)c5c4OCCO5)s3)c3nsnc23)sc1C. The molecule has 0 saturated heterocycles. The van der Waals surface area contributed by atoms with E-state index in [1.807, 2.05) is 22.7 Å². The first-order valence-electron chi connectivity index (χ1n) is 18.4. The molecule has 0 radical (unpaired) electrons. The zero-order chi connectivity index (χ0) is 34.9. The van der Waals surface area contributed by atoms with Gasteiger partial charge < -0.3 is 18.9 Å². The summed E-state index contributed by atoms with van der Waals surface area (Å²) < 4.78 is 34.9. The van der Waals surface area contributed by atoms with Gasteiger partial charge in [-0.3, -0.25) is 0 Å². The first-order valence-corrected chi connectivity index (χ1v) is 22.3. The molecule has 2 aliphatic rings. The molecule has 0 atom stereocenters. The van der Waals surface area contributed by atoms with E-state index in [2.05, 4.69) is 52.0 Å². The maximum absolute atomic E-state index is 6.45. The monoisotopic (exact) mass is 776 g/mol. The molecule has 0 saturated carbocycles. The Labute approximate surface area is 320 Å². The topological polar surface area (TPSA) is 62.7 Å². The van der Waals surface area contributed by atoms with E-state index in [1.54, 1.807) is 22.7 Å². The second-order valence-corrected chi connectivity index (χ2v) is 18.4. The summed E-state index contributed by atoms with van der Waals surface area (Å²) in [6.07, 6.45) is 12.1. The molecule has 11 heteroatoms. The third-order valence-corrected chi connectivity index (χ3v) is 15.2. The van der Waals surface area contributed by atoms with Gasteiger partial charge in [-0.05, 0) is 62.8 Å². The van der Waals surface area contributed by atoms with Gasteiger partial charge in [0.2, 0.25) is 0 Å². The fourth-order valence-electron chi connectivity index (χ4n) is 7.08. The molecule has 268 valence electrons. The molecule has 51 heavy (non-hydrogen) atoms. The van der Waals surface area contributed by atoms with Crippen LogP contribution >= 0.6 is 57.1 Å². The molecule has 0 spiro atoms. The van der Waals surface area contributed by atoms with Gasteiger partial charge in [0, 0.05) is 30.6 Å². The van der Waals surface area contributed by atoms with Crippen molar-refractivity contribution in [3.05, 3.63) is 45.1 Å². The van der Waals surface area contributed by atoms with E-state index in [4.69, 9.17) is 27.7 Å². The lowest BCUT2D eigenvalue weighted by Gasteiger charge is -2.18. The lowest BCUT2D eigenvalue weighted by molar-refractivity contribution is 0.171. The van der Waals surface area contributed by atoms with Crippen LogP contribution in [-0.2, 0) is 12.8 Å². The van der Waals surface area contributed by atoms with Crippen LogP contribution < -0.4 is 18.9 Å². The maximum atomic E-state index is 6.45. The smallest absolute Gasteiger partial charge is 0.181 e. The Kier molecular flexibility index (Phi) is 10.7. The molecular formula is C40H44N2O4S5. The zero-order valence-corrected chi connectivity index (χ0v) is 33.9. The van der Waals surface area contributed by atoms with Crippen LogP contribution in [0.2, 0.25) is 0 Å². The van der Waals surface area contributed by atoms with Gasteiger partial charge in [0.25, 0.3) is 0 Å². The van der Waals surface area contributed by atoms with Crippen molar-refractivity contribution >= 4 is 68.1 Å². The molecule has 6 nitrogen and oxygen atoms in total. The largest absolute Gasteiger partial charge is 0.485 e. The van der Waals surface area contributed by atoms with Crippen LogP contribution in [0.3, 0.4) is 0 Å². The number of nitrogens with zero attached hydrogens (tertiary/aromatic N) is 2. The summed E-state index contributed by atoms with van der Waals surface area (Å²) in [6.45, 7) is 11.1. The lowest BCUT2D eigenvalue weighted by atomic mass is 10.0. The Balaban J connectivity index is 1.19. The molecule has 2 aliphatic heterocycles. The number of rotatable bonds is 14. The van der Waals surface area contributed by atoms with Crippen LogP contribution in [0.15, 0.2) is 24.3 Å². The van der Waals surface area contributed by atoms with Gasteiger partial charge in [-0.1, -0.05) is 64.5 Å². The van der Waals surface area contributed by atoms with E-state index in [-0.39, 0.29) is 0 Å². The van der Waals surface area contributed by atoms with E-state index in [1.165, 1.54) is 92.9 Å². The van der Waals surface area contributed by atoms with Crippen molar-refractivity contribution in [2.24, 2.45) is 0 Å². The highest BCUT2D eigenvalue weighted by atomic mass is 32.1. The number of aryl methyl sites for hydroxylation is 4. The quantitative estimate of drug-likeness (QED) is 0.103. The Morgan fingerprint density at radius 3 is 1.67 bits per heavy atom. The maximum Gasteiger partial charge on any atom is 0.181 e. The predicted molar refractivity (Wildman–Crippen MR) is 218 cm³/mol. The van der Waals surface area contributed by atoms with Crippen LogP contribution in [-0.4, -0.2) is 35.2 Å². The van der Waals surface area contributed by atoms with Crippen LogP contribution in [0, 0.1) is 13.8 Å². The van der Waals surface area contributed by atoms with Gasteiger partial charge >= 0.3 is 0 Å². The fourth-order valence-corrected chi connectivity index (χ4v) is 12.5. The predicted octanol–water partition coefficient (Wildman–Crippen LogP) is 13.0. The Bertz CT molecular complexity index is 2150. The molecule has 6 aromatic rings. The van der Waals surface area contributed by atoms with Gasteiger partial charge in [0.05, 0.1) is 31.2 Å². The van der Waals surface area contributed by atoms with Gasteiger partial charge in [0.1, 0.15) is 37.5 Å². The normalized spacial score (nSPS) is 13.8. The van der Waals surface area contributed by atoms with Crippen LogP contribution in [0.25, 0.3) is 51.4 Å². The molecule has 0 N–H and O–H groups in total. The summed E-state index contributed by atoms with van der Waals surface area (Å²) >= 11 is 8.53. The van der Waals surface area contributed by atoms with Gasteiger partial charge in [-0.25, -0.2) is 0 Å². The number of hydrogen-bond donors (Lipinski definition) is 0. The average molecular weight is 777 g/mol. The standard InChI is InChI=1S/C40H44N2O4S5/c1-5-7-9-11-13-25-21-29(47-23(25)3)27-15-16-28(32-31(27)41-51-42-32)30-22-26(14-12-10-8-6-2)37(49-30)38-35-36(46-20-19-45-35)40(50-38)39-34-33(24(4)48-39)43-17-18-44-34/h15-16,21-22H,5-14,17-20H2,1-4H3. The molecular weight excluding hydrogens is 733 g/mol. The molecule has 5 aromatic heterocycles. The molecule has 0 unspecified atom stereocenters. The van der Waals surface area contributed by atoms with E-state index < -0.39 is 0 Å². The van der Waals surface area contributed by atoms with Gasteiger partial charge in [-0.15, -0.1) is 45.3 Å². The highest BCUT2D eigenvalue weighted by Crippen LogP contribution is 2.61. The van der Waals surface area contributed by atoms with Gasteiger partial charge in [0.15, 0.2) is 23.0 Å². The van der Waals surface area contributed by atoms with Crippen LogP contribution in [0.5, 0.6) is 23.0 Å². The van der Waals surface area contributed by atoms with Crippen molar-refractivity contribution in [2.45, 2.75) is 91.9 Å². The van der Waals surface area contributed by atoms with E-state index >= 15 is 0 Å². The van der Waals surface area contributed by atoms with Crippen molar-refractivity contribution < 1.29 is 18.9 Å². The summed E-state index contributed by atoms with van der Waals surface area (Å²) in [5, 5.41) is 0. The number of fused-ring (bicyclic) bond motifs is 3. The van der Waals surface area contributed by atoms with Crippen molar-refractivity contribution in [1.29, 1.82) is 0 Å². The van der Waals surface area contributed by atoms with Gasteiger partial charge in [-0.2, -0.15) is 8.75 Å². The molecule has 0 amide bonds. The molecule has 7 heterocycles. The second-order valence-electron chi connectivity index (χ2n) is 13.4. The number of thiophene rings is 4. The average Bonchev–Trinajstić information content (AvgIpc) is 3.99. The first kappa shape index (κ1) is 35.1. The van der Waals surface area contributed by atoms with Crippen molar-refractivity contribution in [2.75, 3.05) is 26.4 Å². The van der Waals surface area contributed by atoms with Crippen LogP contribution in [0.4, 0.5) is 0 Å². The third-order valence-electron chi connectivity index (χ3n) is 9.75. The number of aromatic nitrogens is 2. The minimum absolute atomic E-state index is 0.533. The first-order chi connectivity index (χ1) is 25.1. The molecule has 1 aromatic carbocycles. The fraction of sp³-hybridized carbons (Fsp3) is 0.450. The summed E-state index contributed by atoms with van der Waals surface area (Å²) in [7, 11) is 0. The Hall–Kier alpha value is -2.96. The third kappa shape index (κ3) is 6.85. The van der Waals surface area contributed by atoms with Crippen molar-refractivity contribution in [1.82, 2.24) is 8.75 Å². The molecule has 0 fully saturated rings. The van der Waals surface area contributed by atoms with Crippen molar-refractivity contribution in [3.63, 3.8) is 0 Å². The second kappa shape index (κ2) is 15.6. The Morgan fingerprint density at radius 2 is 1.04 bits per heavy atom. The minimum atomic E-state index is 0.533. The molecule has 0 bridgehead atoms.